The van der Waals surface area contributed by atoms with Crippen LogP contribution in [0.15, 0.2) is 30.3 Å². The van der Waals surface area contributed by atoms with Crippen LogP contribution in [-0.4, -0.2) is 18.9 Å². The van der Waals surface area contributed by atoms with E-state index in [4.69, 9.17) is 13.9 Å². The molecule has 1 aromatic rings. The van der Waals surface area contributed by atoms with Crippen LogP contribution in [0.4, 0.5) is 0 Å². The lowest BCUT2D eigenvalue weighted by Gasteiger charge is -2.04. The second-order valence-electron chi connectivity index (χ2n) is 3.12. The van der Waals surface area contributed by atoms with Gasteiger partial charge in [-0.2, -0.15) is 13.2 Å². The highest BCUT2D eigenvalue weighted by Gasteiger charge is 2.16. The molecule has 0 N–H and O–H groups in total. The Morgan fingerprint density at radius 1 is 1.24 bits per heavy atom. The SMILES string of the molecule is O=S(=O)(Cl)Cl.[N-]=[N+]=C1CC=Cc2ccccc21. The second-order valence-corrected chi connectivity index (χ2v) is 6.79. The van der Waals surface area contributed by atoms with E-state index >= 15 is 0 Å². The molecule has 0 spiro atoms. The zero-order valence-electron chi connectivity index (χ0n) is 8.55. The molecule has 0 unspecified atom stereocenters. The maximum atomic E-state index is 9.16. The molecular formula is C10H8Cl2N2O2S. The first-order chi connectivity index (χ1) is 7.92. The monoisotopic (exact) mass is 290 g/mol. The molecule has 0 fully saturated rings. The van der Waals surface area contributed by atoms with Gasteiger partial charge in [-0.15, -0.1) is 0 Å². The third kappa shape index (κ3) is 5.15. The van der Waals surface area contributed by atoms with E-state index in [1.54, 1.807) is 0 Å². The molecule has 0 heterocycles. The van der Waals surface area contributed by atoms with Gasteiger partial charge in [-0.3, -0.25) is 0 Å². The van der Waals surface area contributed by atoms with E-state index < -0.39 is 8.26 Å². The van der Waals surface area contributed by atoms with Crippen molar-refractivity contribution in [1.82, 2.24) is 0 Å². The summed E-state index contributed by atoms with van der Waals surface area (Å²) in [5, 5.41) is 0. The van der Waals surface area contributed by atoms with E-state index in [1.165, 1.54) is 0 Å². The first kappa shape index (κ1) is 13.9. The highest BCUT2D eigenvalue weighted by Crippen LogP contribution is 2.17. The summed E-state index contributed by atoms with van der Waals surface area (Å²) in [6.07, 6.45) is 4.76. The molecule has 2 rings (SSSR count). The van der Waals surface area contributed by atoms with Gasteiger partial charge in [-0.1, -0.05) is 30.4 Å². The Balaban J connectivity index is 0.000000249. The molecule has 7 heteroatoms. The van der Waals surface area contributed by atoms with Crippen molar-refractivity contribution in [2.75, 3.05) is 0 Å². The topological polar surface area (TPSA) is 70.5 Å². The number of hydrogen-bond donors (Lipinski definition) is 0. The summed E-state index contributed by atoms with van der Waals surface area (Å²) in [5.41, 5.74) is 11.6. The van der Waals surface area contributed by atoms with Gasteiger partial charge in [0.15, 0.2) is 0 Å². The lowest BCUT2D eigenvalue weighted by atomic mass is 9.96. The van der Waals surface area contributed by atoms with E-state index in [-0.39, 0.29) is 0 Å². The minimum atomic E-state index is -3.72. The van der Waals surface area contributed by atoms with Crippen LogP contribution < -0.4 is 0 Å². The third-order valence-corrected chi connectivity index (χ3v) is 2.00. The zero-order chi connectivity index (χ0) is 12.9. The maximum Gasteiger partial charge on any atom is 0.317 e. The van der Waals surface area contributed by atoms with Crippen LogP contribution in [0.5, 0.6) is 0 Å². The molecule has 1 aliphatic rings. The van der Waals surface area contributed by atoms with Gasteiger partial charge >= 0.3 is 14.0 Å². The van der Waals surface area contributed by atoms with Crippen LogP contribution in [-0.2, 0) is 8.26 Å². The molecule has 17 heavy (non-hydrogen) atoms. The number of nitrogens with zero attached hydrogens (tertiary/aromatic N) is 2. The van der Waals surface area contributed by atoms with Gasteiger partial charge in [0.25, 0.3) is 0 Å². The fourth-order valence-corrected chi connectivity index (χ4v) is 1.41. The van der Waals surface area contributed by atoms with Gasteiger partial charge in [0.1, 0.15) is 0 Å². The predicted octanol–water partition coefficient (Wildman–Crippen LogP) is 2.83. The van der Waals surface area contributed by atoms with E-state index in [0.29, 0.717) is 6.42 Å². The van der Waals surface area contributed by atoms with E-state index in [9.17, 15) is 0 Å². The number of fused-ring (bicyclic) bond motifs is 1. The summed E-state index contributed by atoms with van der Waals surface area (Å²) in [6, 6.07) is 7.90. The highest BCUT2D eigenvalue weighted by atomic mass is 36.0. The normalized spacial score (nSPS) is 13.2. The average Bonchev–Trinajstić information content (AvgIpc) is 2.26. The third-order valence-electron chi connectivity index (χ3n) is 2.00. The molecule has 0 saturated heterocycles. The Morgan fingerprint density at radius 3 is 2.41 bits per heavy atom. The van der Waals surface area contributed by atoms with Gasteiger partial charge in [-0.05, 0) is 11.6 Å². The average molecular weight is 291 g/mol. The van der Waals surface area contributed by atoms with Crippen molar-refractivity contribution >= 4 is 41.4 Å². The van der Waals surface area contributed by atoms with Crippen molar-refractivity contribution in [3.05, 3.63) is 47.0 Å². The first-order valence-electron chi connectivity index (χ1n) is 4.53. The van der Waals surface area contributed by atoms with Crippen molar-refractivity contribution in [3.63, 3.8) is 0 Å². The summed E-state index contributed by atoms with van der Waals surface area (Å²) in [7, 11) is 4.81. The first-order valence-corrected chi connectivity index (χ1v) is 7.66. The molecule has 0 amide bonds. The number of rotatable bonds is 0. The Labute approximate surface area is 108 Å². The minimum absolute atomic E-state index is 0.716. The van der Waals surface area contributed by atoms with Gasteiger partial charge < -0.3 is 5.53 Å². The summed E-state index contributed by atoms with van der Waals surface area (Å²) >= 11 is 0. The largest absolute Gasteiger partial charge is 0.361 e. The number of halogens is 2. The Kier molecular flexibility index (Phi) is 4.90. The Bertz CT molecular complexity index is 582. The smallest absolute Gasteiger partial charge is 0.317 e. The molecule has 0 saturated carbocycles. The van der Waals surface area contributed by atoms with Crippen LogP contribution >= 0.6 is 21.4 Å². The predicted molar refractivity (Wildman–Crippen MR) is 68.4 cm³/mol. The standard InChI is InChI=1S/C10H8N2.Cl2O2S/c11-12-10-7-3-5-8-4-1-2-6-9(8)10;1-5(2,3)4/h1-6H,7H2;. The van der Waals surface area contributed by atoms with Crippen molar-refractivity contribution in [1.29, 1.82) is 0 Å². The zero-order valence-corrected chi connectivity index (χ0v) is 10.9. The van der Waals surface area contributed by atoms with Crippen LogP contribution in [0.1, 0.15) is 17.5 Å². The number of hydrogen-bond acceptors (Lipinski definition) is 2. The van der Waals surface area contributed by atoms with Crippen molar-refractivity contribution < 1.29 is 13.2 Å². The van der Waals surface area contributed by atoms with Crippen LogP contribution in [0.2, 0.25) is 0 Å². The fourth-order valence-electron chi connectivity index (χ4n) is 1.41. The van der Waals surface area contributed by atoms with Crippen LogP contribution in [0, 0.1) is 0 Å². The second kappa shape index (κ2) is 5.98. The minimum Gasteiger partial charge on any atom is -0.361 e. The molecule has 1 aromatic carbocycles. The van der Waals surface area contributed by atoms with Crippen molar-refractivity contribution in [2.45, 2.75) is 6.42 Å². The van der Waals surface area contributed by atoms with Gasteiger partial charge in [-0.25, -0.2) is 0 Å². The van der Waals surface area contributed by atoms with Gasteiger partial charge in [0.05, 0.1) is 12.0 Å². The molecule has 0 bridgehead atoms. The molecule has 0 aliphatic heterocycles. The van der Waals surface area contributed by atoms with Gasteiger partial charge in [0, 0.05) is 21.4 Å². The number of allylic oxidation sites excluding steroid dienone is 1. The Morgan fingerprint density at radius 2 is 1.82 bits per heavy atom. The lowest BCUT2D eigenvalue weighted by molar-refractivity contribution is -0.00606. The van der Waals surface area contributed by atoms with Crippen LogP contribution in [0.3, 0.4) is 0 Å². The molecule has 1 aliphatic carbocycles. The molecule has 4 nitrogen and oxygen atoms in total. The van der Waals surface area contributed by atoms with E-state index in [0.717, 1.165) is 16.8 Å². The van der Waals surface area contributed by atoms with Gasteiger partial charge in [0.2, 0.25) is 0 Å². The number of benzene rings is 1. The summed E-state index contributed by atoms with van der Waals surface area (Å²) in [6.45, 7) is 0. The highest BCUT2D eigenvalue weighted by molar-refractivity contribution is 8.31. The molecule has 0 radical (unpaired) electrons. The Hall–Kier alpha value is -1.13. The molecule has 0 atom stereocenters. The summed E-state index contributed by atoms with van der Waals surface area (Å²) in [4.78, 5) is 3.25. The molecule has 90 valence electrons. The molecule has 0 aromatic heterocycles. The fraction of sp³-hybridized carbons (Fsp3) is 0.100. The van der Waals surface area contributed by atoms with E-state index in [2.05, 4.69) is 26.2 Å². The summed E-state index contributed by atoms with van der Waals surface area (Å²) in [5.74, 6) is 0. The summed E-state index contributed by atoms with van der Waals surface area (Å²) < 4.78 is 18.3. The van der Waals surface area contributed by atoms with E-state index in [1.807, 2.05) is 36.4 Å². The quantitative estimate of drug-likeness (QED) is 0.419. The molecular weight excluding hydrogens is 283 g/mol. The lowest BCUT2D eigenvalue weighted by Crippen LogP contribution is -2.06. The maximum absolute atomic E-state index is 9.16. The van der Waals surface area contributed by atoms with Crippen LogP contribution in [0.25, 0.3) is 11.6 Å². The van der Waals surface area contributed by atoms with Crippen molar-refractivity contribution in [3.8, 4) is 0 Å². The van der Waals surface area contributed by atoms with Crippen molar-refractivity contribution in [2.24, 2.45) is 0 Å².